The number of nitrogens with zero attached hydrogens (tertiary/aromatic N) is 1. The van der Waals surface area contributed by atoms with E-state index in [1.807, 2.05) is 43.5 Å². The quantitative estimate of drug-likeness (QED) is 0.216. The maximum Gasteiger partial charge on any atom is 0.331 e. The first kappa shape index (κ1) is 34.9. The molecule has 3 aromatic rings. The largest absolute Gasteiger partial charge is 0.493 e. The number of rotatable bonds is 9. The third-order valence-electron chi connectivity index (χ3n) is 12.1. The predicted octanol–water partition coefficient (Wildman–Crippen LogP) is 8.06. The van der Waals surface area contributed by atoms with Gasteiger partial charge in [0.05, 0.1) is 39.0 Å². The summed E-state index contributed by atoms with van der Waals surface area (Å²) in [5.74, 6) is 3.32. The number of halogens is 1. The molecule has 1 fully saturated rings. The first-order valence-electron chi connectivity index (χ1n) is 18.3. The van der Waals surface area contributed by atoms with Crippen LogP contribution in [0.1, 0.15) is 94.0 Å². The SMILES string of the molecule is COC(=O)C1(Nc2cccc(Cl)c2)CCC2(CC1)c1cc3c(cc1C[C@@H]2C[C@@H](C)COc1ccnc2c1[C@H](C)CCC2)OCC(C)(CO)CO3. The van der Waals surface area contributed by atoms with Crippen molar-refractivity contribution in [3.63, 3.8) is 0 Å². The maximum absolute atomic E-state index is 13.6. The normalized spacial score (nSPS) is 29.0. The molecule has 1 saturated carbocycles. The fourth-order valence-corrected chi connectivity index (χ4v) is 9.35. The Morgan fingerprint density at radius 3 is 2.60 bits per heavy atom. The molecule has 0 saturated heterocycles. The fourth-order valence-electron chi connectivity index (χ4n) is 9.16. The third kappa shape index (κ3) is 6.54. The maximum atomic E-state index is 13.6. The second-order valence-electron chi connectivity index (χ2n) is 15.9. The lowest BCUT2D eigenvalue weighted by molar-refractivity contribution is -0.148. The molecular formula is C41H51ClN2O6. The van der Waals surface area contributed by atoms with Crippen LogP contribution in [0.5, 0.6) is 17.2 Å². The highest BCUT2D eigenvalue weighted by Crippen LogP contribution is 2.58. The van der Waals surface area contributed by atoms with E-state index in [-0.39, 0.29) is 18.0 Å². The summed E-state index contributed by atoms with van der Waals surface area (Å²) in [4.78, 5) is 18.2. The van der Waals surface area contributed by atoms with Gasteiger partial charge in [-0.2, -0.15) is 0 Å². The average Bonchev–Trinajstić information content (AvgIpc) is 3.28. The van der Waals surface area contributed by atoms with Gasteiger partial charge in [-0.3, -0.25) is 4.98 Å². The van der Waals surface area contributed by atoms with E-state index in [0.29, 0.717) is 55.4 Å². The molecule has 2 N–H and O–H groups in total. The molecule has 7 rings (SSSR count). The first-order chi connectivity index (χ1) is 24.1. The van der Waals surface area contributed by atoms with Crippen LogP contribution in [0.4, 0.5) is 5.69 Å². The number of ether oxygens (including phenoxy) is 4. The molecular weight excluding hydrogens is 652 g/mol. The Morgan fingerprint density at radius 1 is 1.12 bits per heavy atom. The van der Waals surface area contributed by atoms with Gasteiger partial charge in [-0.05, 0) is 128 Å². The summed E-state index contributed by atoms with van der Waals surface area (Å²) >= 11 is 6.34. The number of pyridine rings is 1. The van der Waals surface area contributed by atoms with Crippen molar-refractivity contribution >= 4 is 23.3 Å². The standard InChI is InChI=1S/C41H51ClN2O6/c1-26(22-48-34-11-16-43-33-10-5-7-27(2)37(33)34)17-29-18-28-19-35-36(50-25-39(3,23-45)24-49-35)21-32(28)40(29)12-14-41(15-13-40,38(46)47-4)44-31-9-6-8-30(42)20-31/h6,8-9,11,16,19-21,26-27,29,44-45H,5,7,10,12-15,17-18,22-25H2,1-4H3/t26-,27-,29+,39?,40?,41?/m1/s1. The summed E-state index contributed by atoms with van der Waals surface area (Å²) in [6, 6.07) is 14.0. The number of carbonyl (C=O) groups excluding carboxylic acids is 1. The Bertz CT molecular complexity index is 1720. The molecule has 268 valence electrons. The second-order valence-corrected chi connectivity index (χ2v) is 16.3. The second kappa shape index (κ2) is 13.9. The Morgan fingerprint density at radius 2 is 1.88 bits per heavy atom. The summed E-state index contributed by atoms with van der Waals surface area (Å²) < 4.78 is 24.7. The molecule has 1 aliphatic heterocycles. The number of carbonyl (C=O) groups is 1. The van der Waals surface area contributed by atoms with Crippen molar-refractivity contribution in [2.45, 2.75) is 95.4 Å². The molecule has 4 atom stereocenters. The van der Waals surface area contributed by atoms with Crippen molar-refractivity contribution in [1.29, 1.82) is 0 Å². The van der Waals surface area contributed by atoms with Gasteiger partial charge in [-0.15, -0.1) is 0 Å². The molecule has 2 heterocycles. The van der Waals surface area contributed by atoms with Crippen LogP contribution in [-0.4, -0.2) is 55.1 Å². The van der Waals surface area contributed by atoms with E-state index in [0.717, 1.165) is 55.0 Å². The lowest BCUT2D eigenvalue weighted by Gasteiger charge is -2.47. The third-order valence-corrected chi connectivity index (χ3v) is 12.3. The van der Waals surface area contributed by atoms with Gasteiger partial charge >= 0.3 is 5.97 Å². The molecule has 1 spiro atoms. The van der Waals surface area contributed by atoms with Crippen LogP contribution >= 0.6 is 11.6 Å². The predicted molar refractivity (Wildman–Crippen MR) is 195 cm³/mol. The summed E-state index contributed by atoms with van der Waals surface area (Å²) in [5.41, 5.74) is 4.36. The number of esters is 1. The Balaban J connectivity index is 1.17. The van der Waals surface area contributed by atoms with Crippen LogP contribution in [0.15, 0.2) is 48.7 Å². The number of aliphatic hydroxyl groups excluding tert-OH is 1. The summed E-state index contributed by atoms with van der Waals surface area (Å²) in [6.45, 7) is 7.97. The van der Waals surface area contributed by atoms with Crippen molar-refractivity contribution in [3.8, 4) is 17.2 Å². The number of nitrogens with one attached hydrogen (secondary N) is 1. The molecule has 2 aromatic carbocycles. The number of aryl methyl sites for hydroxylation is 1. The van der Waals surface area contributed by atoms with E-state index in [1.54, 1.807) is 0 Å². The molecule has 0 amide bonds. The monoisotopic (exact) mass is 702 g/mol. The van der Waals surface area contributed by atoms with Gasteiger partial charge in [0, 0.05) is 28.2 Å². The Kier molecular flexibility index (Phi) is 9.72. The number of hydrogen-bond acceptors (Lipinski definition) is 8. The van der Waals surface area contributed by atoms with Crippen LogP contribution in [0.3, 0.4) is 0 Å². The molecule has 0 bridgehead atoms. The van der Waals surface area contributed by atoms with Crippen LogP contribution in [0, 0.1) is 17.3 Å². The topological polar surface area (TPSA) is 99.1 Å². The highest BCUT2D eigenvalue weighted by atomic mass is 35.5. The molecule has 3 aliphatic carbocycles. The minimum Gasteiger partial charge on any atom is -0.493 e. The van der Waals surface area contributed by atoms with Crippen molar-refractivity contribution in [2.75, 3.05) is 38.9 Å². The summed E-state index contributed by atoms with van der Waals surface area (Å²) in [5, 5.41) is 14.2. The molecule has 0 radical (unpaired) electrons. The van der Waals surface area contributed by atoms with Gasteiger partial charge in [-0.1, -0.05) is 38.4 Å². The van der Waals surface area contributed by atoms with Gasteiger partial charge in [-0.25, -0.2) is 4.79 Å². The van der Waals surface area contributed by atoms with E-state index in [1.165, 1.54) is 42.3 Å². The van der Waals surface area contributed by atoms with E-state index >= 15 is 0 Å². The number of aromatic nitrogens is 1. The lowest BCUT2D eigenvalue weighted by atomic mass is 9.59. The minimum absolute atomic E-state index is 0.0108. The number of anilines is 1. The highest BCUT2D eigenvalue weighted by Gasteiger charge is 2.55. The van der Waals surface area contributed by atoms with Gasteiger partial charge in [0.2, 0.25) is 0 Å². The van der Waals surface area contributed by atoms with Crippen LogP contribution in [0.25, 0.3) is 0 Å². The van der Waals surface area contributed by atoms with Gasteiger partial charge in [0.15, 0.2) is 11.5 Å². The fraction of sp³-hybridized carbons (Fsp3) is 0.561. The minimum atomic E-state index is -0.863. The zero-order valence-electron chi connectivity index (χ0n) is 29.9. The zero-order chi connectivity index (χ0) is 35.1. The molecule has 9 heteroatoms. The van der Waals surface area contributed by atoms with E-state index < -0.39 is 11.0 Å². The molecule has 1 unspecified atom stereocenters. The molecule has 8 nitrogen and oxygen atoms in total. The van der Waals surface area contributed by atoms with Gasteiger partial charge in [0.1, 0.15) is 11.3 Å². The molecule has 4 aliphatic rings. The van der Waals surface area contributed by atoms with Crippen molar-refractivity contribution in [3.05, 3.63) is 76.1 Å². The van der Waals surface area contributed by atoms with Crippen LogP contribution in [0.2, 0.25) is 5.02 Å². The van der Waals surface area contributed by atoms with Gasteiger partial charge < -0.3 is 29.4 Å². The van der Waals surface area contributed by atoms with Crippen molar-refractivity contribution < 1.29 is 28.8 Å². The summed E-state index contributed by atoms with van der Waals surface area (Å²) in [7, 11) is 1.47. The van der Waals surface area contributed by atoms with Crippen molar-refractivity contribution in [2.24, 2.45) is 17.3 Å². The van der Waals surface area contributed by atoms with E-state index in [4.69, 9.17) is 30.5 Å². The van der Waals surface area contributed by atoms with E-state index in [9.17, 15) is 9.90 Å². The van der Waals surface area contributed by atoms with Gasteiger partial charge in [0.25, 0.3) is 0 Å². The van der Waals surface area contributed by atoms with E-state index in [2.05, 4.69) is 36.3 Å². The number of benzene rings is 2. The summed E-state index contributed by atoms with van der Waals surface area (Å²) in [6.07, 6.45) is 10.0. The van der Waals surface area contributed by atoms with Crippen LogP contribution in [-0.2, 0) is 27.8 Å². The number of fused-ring (bicyclic) bond motifs is 4. The lowest BCUT2D eigenvalue weighted by Crippen LogP contribution is -2.53. The average molecular weight is 703 g/mol. The first-order valence-corrected chi connectivity index (χ1v) is 18.7. The Labute approximate surface area is 301 Å². The number of methoxy groups -OCH3 is 1. The molecule has 50 heavy (non-hydrogen) atoms. The number of aliphatic hydroxyl groups is 1. The zero-order valence-corrected chi connectivity index (χ0v) is 30.6. The smallest absolute Gasteiger partial charge is 0.331 e. The highest BCUT2D eigenvalue weighted by molar-refractivity contribution is 6.30. The molecule has 1 aromatic heterocycles. The Hall–Kier alpha value is -3.49. The van der Waals surface area contributed by atoms with Crippen molar-refractivity contribution in [1.82, 2.24) is 4.98 Å². The number of hydrogen-bond donors (Lipinski definition) is 2. The van der Waals surface area contributed by atoms with Crippen LogP contribution < -0.4 is 19.5 Å².